The van der Waals surface area contributed by atoms with Crippen molar-refractivity contribution in [3.63, 3.8) is 0 Å². The number of hydrogen-bond donors (Lipinski definition) is 1. The molecule has 1 aliphatic heterocycles. The molecule has 1 saturated heterocycles. The Balaban J connectivity index is 1.76. The summed E-state index contributed by atoms with van der Waals surface area (Å²) < 4.78 is 5.13. The number of carbonyl (C=O) groups is 2. The molecule has 120 valence electrons. The van der Waals surface area contributed by atoms with Crippen molar-refractivity contribution in [2.75, 3.05) is 11.9 Å². The van der Waals surface area contributed by atoms with Gasteiger partial charge in [0.25, 0.3) is 5.91 Å². The molecule has 2 aromatic rings. The fourth-order valence-electron chi connectivity index (χ4n) is 2.64. The minimum absolute atomic E-state index is 0.227. The number of halogens is 2. The van der Waals surface area contributed by atoms with Crippen LogP contribution in [0.2, 0.25) is 10.0 Å². The van der Waals surface area contributed by atoms with E-state index in [2.05, 4.69) is 5.32 Å². The third kappa shape index (κ3) is 3.21. The van der Waals surface area contributed by atoms with Gasteiger partial charge in [0.1, 0.15) is 6.04 Å². The quantitative estimate of drug-likeness (QED) is 0.912. The summed E-state index contributed by atoms with van der Waals surface area (Å²) in [7, 11) is 0. The van der Waals surface area contributed by atoms with Crippen LogP contribution in [0.1, 0.15) is 23.4 Å². The smallest absolute Gasteiger partial charge is 0.290 e. The maximum Gasteiger partial charge on any atom is 0.290 e. The third-order valence-electron chi connectivity index (χ3n) is 3.76. The highest BCUT2D eigenvalue weighted by molar-refractivity contribution is 6.44. The van der Waals surface area contributed by atoms with Crippen LogP contribution in [0.5, 0.6) is 0 Å². The Bertz CT molecular complexity index is 731. The number of rotatable bonds is 3. The molecule has 1 aromatic carbocycles. The molecule has 1 fully saturated rings. The Hall–Kier alpha value is -1.98. The van der Waals surface area contributed by atoms with E-state index in [0.29, 0.717) is 23.7 Å². The van der Waals surface area contributed by atoms with E-state index >= 15 is 0 Å². The maximum absolute atomic E-state index is 12.5. The van der Waals surface area contributed by atoms with Gasteiger partial charge in [-0.3, -0.25) is 9.59 Å². The first-order chi connectivity index (χ1) is 11.1. The zero-order valence-corrected chi connectivity index (χ0v) is 13.6. The predicted octanol–water partition coefficient (Wildman–Crippen LogP) is 3.83. The molecule has 0 aliphatic carbocycles. The summed E-state index contributed by atoms with van der Waals surface area (Å²) >= 11 is 12.0. The summed E-state index contributed by atoms with van der Waals surface area (Å²) in [6.45, 7) is 0.515. The predicted molar refractivity (Wildman–Crippen MR) is 87.9 cm³/mol. The van der Waals surface area contributed by atoms with Gasteiger partial charge in [0.15, 0.2) is 5.76 Å². The van der Waals surface area contributed by atoms with E-state index in [9.17, 15) is 9.59 Å². The molecule has 2 heterocycles. The summed E-state index contributed by atoms with van der Waals surface area (Å²) in [6, 6.07) is 7.68. The molecule has 0 unspecified atom stereocenters. The van der Waals surface area contributed by atoms with Gasteiger partial charge in [0.05, 0.1) is 22.0 Å². The zero-order valence-electron chi connectivity index (χ0n) is 12.1. The lowest BCUT2D eigenvalue weighted by atomic mass is 10.2. The molecule has 23 heavy (non-hydrogen) atoms. The molecule has 1 atom stereocenters. The summed E-state index contributed by atoms with van der Waals surface area (Å²) in [5.41, 5.74) is 0.432. The van der Waals surface area contributed by atoms with Crippen LogP contribution >= 0.6 is 23.2 Å². The summed E-state index contributed by atoms with van der Waals surface area (Å²) in [4.78, 5) is 26.4. The van der Waals surface area contributed by atoms with Crippen LogP contribution in [-0.4, -0.2) is 29.3 Å². The average molecular weight is 353 g/mol. The molecule has 1 aliphatic rings. The minimum Gasteiger partial charge on any atom is -0.459 e. The SMILES string of the molecule is O=C(Nc1cccc(Cl)c1Cl)[C@@H]1CCCN1C(=O)c1ccco1. The molecule has 7 heteroatoms. The van der Waals surface area contributed by atoms with Crippen molar-refractivity contribution in [1.29, 1.82) is 0 Å². The molecule has 0 bridgehead atoms. The lowest BCUT2D eigenvalue weighted by Crippen LogP contribution is -2.43. The molecule has 1 aromatic heterocycles. The van der Waals surface area contributed by atoms with Crippen LogP contribution in [-0.2, 0) is 4.79 Å². The number of furan rings is 1. The van der Waals surface area contributed by atoms with E-state index in [4.69, 9.17) is 27.6 Å². The van der Waals surface area contributed by atoms with Crippen LogP contribution in [0.3, 0.4) is 0 Å². The largest absolute Gasteiger partial charge is 0.459 e. The number of likely N-dealkylation sites (tertiary alicyclic amines) is 1. The highest BCUT2D eigenvalue weighted by atomic mass is 35.5. The highest BCUT2D eigenvalue weighted by Crippen LogP contribution is 2.30. The molecule has 1 N–H and O–H groups in total. The van der Waals surface area contributed by atoms with Gasteiger partial charge in [-0.25, -0.2) is 0 Å². The van der Waals surface area contributed by atoms with Crippen LogP contribution in [0, 0.1) is 0 Å². The Morgan fingerprint density at radius 3 is 2.78 bits per heavy atom. The van der Waals surface area contributed by atoms with Gasteiger partial charge in [-0.05, 0) is 37.1 Å². The number of nitrogens with one attached hydrogen (secondary N) is 1. The third-order valence-corrected chi connectivity index (χ3v) is 4.58. The topological polar surface area (TPSA) is 62.6 Å². The normalized spacial score (nSPS) is 17.3. The van der Waals surface area contributed by atoms with E-state index in [0.717, 1.165) is 6.42 Å². The van der Waals surface area contributed by atoms with E-state index in [1.807, 2.05) is 0 Å². The second kappa shape index (κ2) is 6.64. The molecule has 0 radical (unpaired) electrons. The van der Waals surface area contributed by atoms with Gasteiger partial charge in [-0.2, -0.15) is 0 Å². The molecule has 5 nitrogen and oxygen atoms in total. The standard InChI is InChI=1S/C16H14Cl2N2O3/c17-10-4-1-5-11(14(10)18)19-15(21)12-6-2-8-20(12)16(22)13-7-3-9-23-13/h1,3-5,7,9,12H,2,6,8H2,(H,19,21)/t12-/m0/s1. The van der Waals surface area contributed by atoms with E-state index in [1.54, 1.807) is 30.3 Å². The lowest BCUT2D eigenvalue weighted by molar-refractivity contribution is -0.119. The van der Waals surface area contributed by atoms with Crippen molar-refractivity contribution in [1.82, 2.24) is 4.90 Å². The number of hydrogen-bond acceptors (Lipinski definition) is 3. The Morgan fingerprint density at radius 1 is 1.22 bits per heavy atom. The monoisotopic (exact) mass is 352 g/mol. The number of nitrogens with zero attached hydrogens (tertiary/aromatic N) is 1. The second-order valence-corrected chi connectivity index (χ2v) is 6.01. The molecule has 0 spiro atoms. The number of benzene rings is 1. The van der Waals surface area contributed by atoms with Crippen molar-refractivity contribution in [3.8, 4) is 0 Å². The molecule has 0 saturated carbocycles. The number of carbonyl (C=O) groups excluding carboxylic acids is 2. The Labute approximate surface area is 143 Å². The zero-order chi connectivity index (χ0) is 16.4. The summed E-state index contributed by atoms with van der Waals surface area (Å²) in [5.74, 6) is -0.345. The molecular weight excluding hydrogens is 339 g/mol. The maximum atomic E-state index is 12.5. The van der Waals surface area contributed by atoms with Crippen LogP contribution < -0.4 is 5.32 Å². The first-order valence-electron chi connectivity index (χ1n) is 7.17. The van der Waals surface area contributed by atoms with Crippen molar-refractivity contribution >= 4 is 40.7 Å². The van der Waals surface area contributed by atoms with Crippen LogP contribution in [0.4, 0.5) is 5.69 Å². The second-order valence-electron chi connectivity index (χ2n) is 5.22. The van der Waals surface area contributed by atoms with Crippen LogP contribution in [0.25, 0.3) is 0 Å². The fraction of sp³-hybridized carbons (Fsp3) is 0.250. The first-order valence-corrected chi connectivity index (χ1v) is 7.93. The number of amides is 2. The van der Waals surface area contributed by atoms with Crippen molar-refractivity contribution in [3.05, 3.63) is 52.4 Å². The summed E-state index contributed by atoms with van der Waals surface area (Å²) in [5, 5.41) is 3.39. The minimum atomic E-state index is -0.553. The van der Waals surface area contributed by atoms with Gasteiger partial charge in [-0.1, -0.05) is 29.3 Å². The first kappa shape index (κ1) is 15.9. The van der Waals surface area contributed by atoms with Gasteiger partial charge < -0.3 is 14.6 Å². The average Bonchev–Trinajstić information content (AvgIpc) is 3.21. The van der Waals surface area contributed by atoms with Crippen LogP contribution in [0.15, 0.2) is 41.0 Å². The van der Waals surface area contributed by atoms with Crippen molar-refractivity contribution < 1.29 is 14.0 Å². The lowest BCUT2D eigenvalue weighted by Gasteiger charge is -2.23. The van der Waals surface area contributed by atoms with Crippen molar-refractivity contribution in [2.45, 2.75) is 18.9 Å². The van der Waals surface area contributed by atoms with E-state index in [1.165, 1.54) is 11.2 Å². The highest BCUT2D eigenvalue weighted by Gasteiger charge is 2.35. The molecular formula is C16H14Cl2N2O3. The van der Waals surface area contributed by atoms with Crippen molar-refractivity contribution in [2.24, 2.45) is 0 Å². The Kier molecular flexibility index (Phi) is 4.59. The van der Waals surface area contributed by atoms with E-state index in [-0.39, 0.29) is 22.6 Å². The van der Waals surface area contributed by atoms with Gasteiger partial charge in [-0.15, -0.1) is 0 Å². The Morgan fingerprint density at radius 2 is 2.04 bits per heavy atom. The fourth-order valence-corrected chi connectivity index (χ4v) is 2.99. The molecule has 2 amide bonds. The van der Waals surface area contributed by atoms with Gasteiger partial charge >= 0.3 is 0 Å². The number of anilines is 1. The van der Waals surface area contributed by atoms with Gasteiger partial charge in [0.2, 0.25) is 5.91 Å². The van der Waals surface area contributed by atoms with Gasteiger partial charge in [0, 0.05) is 6.54 Å². The summed E-state index contributed by atoms with van der Waals surface area (Å²) in [6.07, 6.45) is 2.79. The van der Waals surface area contributed by atoms with E-state index < -0.39 is 6.04 Å². The molecule has 3 rings (SSSR count).